The summed E-state index contributed by atoms with van der Waals surface area (Å²) < 4.78 is 0. The van der Waals surface area contributed by atoms with E-state index in [1.165, 1.54) is 156 Å². The zero-order chi connectivity index (χ0) is 32.6. The third-order valence-corrected chi connectivity index (χ3v) is 14.2. The van der Waals surface area contributed by atoms with E-state index in [1.54, 1.807) is 16.7 Å². The molecular formula is C48H57N. The molecule has 0 N–H and O–H groups in total. The first kappa shape index (κ1) is 31.6. The van der Waals surface area contributed by atoms with Gasteiger partial charge < -0.3 is 4.90 Å². The van der Waals surface area contributed by atoms with Gasteiger partial charge >= 0.3 is 0 Å². The third kappa shape index (κ3) is 5.98. The summed E-state index contributed by atoms with van der Waals surface area (Å²) in [6, 6.07) is 36.4. The standard InChI is InChI=1S/C48H57N/c1-4-12-35(13-5-1)37-18-20-38(21-19-37)40-24-28-42(29-25-40)49(41-26-22-39(23-27-41)36-14-6-2-7-15-36)43-30-31-45-44-16-8-9-17-46(44)48(47(45)34-43)32-10-3-11-33-48/h8-9,16-17,22-31,34-38H,1-7,10-15,18-21,32-33H2. The van der Waals surface area contributed by atoms with Gasteiger partial charge in [-0.2, -0.15) is 0 Å². The number of rotatable bonds is 6. The highest BCUT2D eigenvalue weighted by Crippen LogP contribution is 2.57. The van der Waals surface area contributed by atoms with E-state index in [9.17, 15) is 0 Å². The van der Waals surface area contributed by atoms with Crippen molar-refractivity contribution in [2.75, 3.05) is 4.90 Å². The van der Waals surface area contributed by atoms with Gasteiger partial charge in [0.15, 0.2) is 0 Å². The lowest BCUT2D eigenvalue weighted by molar-refractivity contribution is 0.186. The Morgan fingerprint density at radius 3 is 1.57 bits per heavy atom. The van der Waals surface area contributed by atoms with Crippen molar-refractivity contribution in [2.45, 2.75) is 139 Å². The lowest BCUT2D eigenvalue weighted by atomic mass is 9.68. The minimum atomic E-state index is 0.164. The monoisotopic (exact) mass is 647 g/mol. The van der Waals surface area contributed by atoms with Crippen LogP contribution in [-0.2, 0) is 5.41 Å². The number of nitrogens with zero attached hydrogens (tertiary/aromatic N) is 1. The van der Waals surface area contributed by atoms with Gasteiger partial charge in [0.25, 0.3) is 0 Å². The van der Waals surface area contributed by atoms with Gasteiger partial charge in [0.05, 0.1) is 0 Å². The highest BCUT2D eigenvalue weighted by atomic mass is 15.1. The molecule has 254 valence electrons. The van der Waals surface area contributed by atoms with E-state index in [-0.39, 0.29) is 5.41 Å². The van der Waals surface area contributed by atoms with Gasteiger partial charge in [0.1, 0.15) is 0 Å². The molecule has 4 saturated carbocycles. The summed E-state index contributed by atoms with van der Waals surface area (Å²) in [5, 5.41) is 0. The molecule has 0 unspecified atom stereocenters. The second-order valence-corrected chi connectivity index (χ2v) is 16.8. The molecule has 0 aromatic heterocycles. The molecule has 0 bridgehead atoms. The van der Waals surface area contributed by atoms with Crippen LogP contribution in [0.4, 0.5) is 17.1 Å². The topological polar surface area (TPSA) is 3.24 Å². The zero-order valence-corrected chi connectivity index (χ0v) is 29.9. The maximum atomic E-state index is 2.59. The van der Waals surface area contributed by atoms with Crippen LogP contribution in [0.25, 0.3) is 11.1 Å². The van der Waals surface area contributed by atoms with E-state index in [0.717, 1.165) is 23.7 Å². The Hall–Kier alpha value is -3.32. The van der Waals surface area contributed by atoms with Gasteiger partial charge in [-0.1, -0.05) is 125 Å². The molecule has 1 spiro atoms. The van der Waals surface area contributed by atoms with E-state index >= 15 is 0 Å². The van der Waals surface area contributed by atoms with Crippen LogP contribution in [0.3, 0.4) is 0 Å². The number of fused-ring (bicyclic) bond motifs is 5. The Bertz CT molecular complexity index is 1700. The summed E-state index contributed by atoms with van der Waals surface area (Å²) in [5.41, 5.74) is 13.2. The van der Waals surface area contributed by atoms with E-state index in [1.807, 2.05) is 0 Å². The summed E-state index contributed by atoms with van der Waals surface area (Å²) in [5.74, 6) is 3.46. The quantitative estimate of drug-likeness (QED) is 0.201. The van der Waals surface area contributed by atoms with Gasteiger partial charge in [0, 0.05) is 22.5 Å². The third-order valence-electron chi connectivity index (χ3n) is 14.2. The Morgan fingerprint density at radius 2 is 0.918 bits per heavy atom. The van der Waals surface area contributed by atoms with Crippen molar-refractivity contribution in [1.82, 2.24) is 0 Å². The Balaban J connectivity index is 1.04. The Labute approximate surface area is 296 Å². The molecule has 1 heteroatoms. The molecule has 4 fully saturated rings. The van der Waals surface area contributed by atoms with Crippen LogP contribution in [0, 0.1) is 11.8 Å². The largest absolute Gasteiger partial charge is 0.310 e. The van der Waals surface area contributed by atoms with Gasteiger partial charge in [-0.15, -0.1) is 0 Å². The first-order valence-electron chi connectivity index (χ1n) is 20.5. The Kier molecular flexibility index (Phi) is 8.89. The van der Waals surface area contributed by atoms with E-state index in [2.05, 4.69) is 95.9 Å². The molecular weight excluding hydrogens is 591 g/mol. The number of hydrogen-bond donors (Lipinski definition) is 0. The first-order chi connectivity index (χ1) is 24.3. The number of benzene rings is 4. The maximum absolute atomic E-state index is 2.59. The summed E-state index contributed by atoms with van der Waals surface area (Å²) in [6.07, 6.45) is 26.5. The predicted molar refractivity (Wildman–Crippen MR) is 208 cm³/mol. The van der Waals surface area contributed by atoms with Crippen molar-refractivity contribution < 1.29 is 0 Å². The number of anilines is 3. The van der Waals surface area contributed by atoms with Crippen molar-refractivity contribution in [3.63, 3.8) is 0 Å². The van der Waals surface area contributed by atoms with Crippen LogP contribution >= 0.6 is 0 Å². The van der Waals surface area contributed by atoms with Crippen LogP contribution in [-0.4, -0.2) is 0 Å². The van der Waals surface area contributed by atoms with Gasteiger partial charge in [-0.05, 0) is 145 Å². The molecule has 0 radical (unpaired) electrons. The average molecular weight is 648 g/mol. The normalized spacial score (nSPS) is 24.0. The average Bonchev–Trinajstić information content (AvgIpc) is 3.44. The van der Waals surface area contributed by atoms with Crippen LogP contribution in [0.2, 0.25) is 0 Å². The van der Waals surface area contributed by atoms with Gasteiger partial charge in [-0.25, -0.2) is 0 Å². The predicted octanol–water partition coefficient (Wildman–Crippen LogP) is 14.3. The fourth-order valence-corrected chi connectivity index (χ4v) is 11.5. The van der Waals surface area contributed by atoms with E-state index < -0.39 is 0 Å². The summed E-state index contributed by atoms with van der Waals surface area (Å²) in [6.45, 7) is 0. The van der Waals surface area contributed by atoms with Crippen LogP contribution in [0.15, 0.2) is 91.0 Å². The second kappa shape index (κ2) is 13.8. The van der Waals surface area contributed by atoms with Gasteiger partial charge in [0.2, 0.25) is 0 Å². The van der Waals surface area contributed by atoms with Crippen molar-refractivity contribution in [3.05, 3.63) is 113 Å². The molecule has 4 aromatic rings. The van der Waals surface area contributed by atoms with Crippen LogP contribution in [0.1, 0.15) is 156 Å². The lowest BCUT2D eigenvalue weighted by Crippen LogP contribution is -2.28. The molecule has 0 heterocycles. The number of hydrogen-bond acceptors (Lipinski definition) is 1. The Morgan fingerprint density at radius 1 is 0.408 bits per heavy atom. The van der Waals surface area contributed by atoms with Crippen molar-refractivity contribution >= 4 is 17.1 Å². The van der Waals surface area contributed by atoms with Crippen LogP contribution in [0.5, 0.6) is 0 Å². The smallest absolute Gasteiger partial charge is 0.0465 e. The summed E-state index contributed by atoms with van der Waals surface area (Å²) in [4.78, 5) is 2.56. The second-order valence-electron chi connectivity index (χ2n) is 16.8. The lowest BCUT2D eigenvalue weighted by Gasteiger charge is -2.37. The molecule has 1 nitrogen and oxygen atoms in total. The zero-order valence-electron chi connectivity index (χ0n) is 29.9. The minimum Gasteiger partial charge on any atom is -0.310 e. The van der Waals surface area contributed by atoms with Crippen molar-refractivity contribution in [2.24, 2.45) is 11.8 Å². The van der Waals surface area contributed by atoms with Crippen molar-refractivity contribution in [1.29, 1.82) is 0 Å². The molecule has 5 aliphatic carbocycles. The highest BCUT2D eigenvalue weighted by molar-refractivity contribution is 5.86. The molecule has 4 aromatic carbocycles. The fraction of sp³-hybridized carbons (Fsp3) is 0.500. The molecule has 0 amide bonds. The van der Waals surface area contributed by atoms with E-state index in [0.29, 0.717) is 0 Å². The SMILES string of the molecule is c1ccc2c(c1)-c1ccc(N(c3ccc(C4CCCCC4)cc3)c3ccc(C4CCC(C5CCCCC5)CC4)cc3)cc1C21CCCCC1. The van der Waals surface area contributed by atoms with Crippen molar-refractivity contribution in [3.8, 4) is 11.1 Å². The van der Waals surface area contributed by atoms with Gasteiger partial charge in [-0.3, -0.25) is 0 Å². The molecule has 49 heavy (non-hydrogen) atoms. The first-order valence-corrected chi connectivity index (χ1v) is 20.5. The molecule has 9 rings (SSSR count). The highest BCUT2D eigenvalue weighted by Gasteiger charge is 2.44. The summed E-state index contributed by atoms with van der Waals surface area (Å²) in [7, 11) is 0. The molecule has 0 aliphatic heterocycles. The summed E-state index contributed by atoms with van der Waals surface area (Å²) >= 11 is 0. The maximum Gasteiger partial charge on any atom is 0.0465 e. The molecule has 0 atom stereocenters. The minimum absolute atomic E-state index is 0.164. The fourth-order valence-electron chi connectivity index (χ4n) is 11.5. The molecule has 0 saturated heterocycles. The molecule has 5 aliphatic rings. The van der Waals surface area contributed by atoms with E-state index in [4.69, 9.17) is 0 Å². The van der Waals surface area contributed by atoms with Crippen LogP contribution < -0.4 is 4.90 Å².